The Morgan fingerprint density at radius 3 is 2.79 bits per heavy atom. The molecule has 0 amide bonds. The highest BCUT2D eigenvalue weighted by Crippen LogP contribution is 2.24. The molecule has 3 aromatic rings. The number of aromatic nitrogens is 3. The normalized spacial score (nSPS) is 10.9. The minimum absolute atomic E-state index is 0. The zero-order valence-corrected chi connectivity index (χ0v) is 18.4. The molecule has 0 fully saturated rings. The van der Waals surface area contributed by atoms with Gasteiger partial charge in [-0.05, 0) is 42.3 Å². The molecule has 0 atom stereocenters. The van der Waals surface area contributed by atoms with E-state index >= 15 is 0 Å². The van der Waals surface area contributed by atoms with Crippen LogP contribution in [0.1, 0.15) is 12.0 Å². The molecule has 9 heteroatoms. The molecule has 0 spiro atoms. The van der Waals surface area contributed by atoms with Crippen LogP contribution in [0.25, 0.3) is 0 Å². The van der Waals surface area contributed by atoms with Crippen LogP contribution in [0, 0.1) is 5.82 Å². The van der Waals surface area contributed by atoms with Crippen molar-refractivity contribution in [2.75, 3.05) is 13.6 Å². The number of ether oxygens (including phenoxy) is 1. The Kier molecular flexibility index (Phi) is 9.35. The lowest BCUT2D eigenvalue weighted by Crippen LogP contribution is -2.37. The zero-order valence-electron chi connectivity index (χ0n) is 16.1. The number of pyridine rings is 1. The van der Waals surface area contributed by atoms with Crippen LogP contribution in [0.3, 0.4) is 0 Å². The topological polar surface area (TPSA) is 76.4 Å². The summed E-state index contributed by atoms with van der Waals surface area (Å²) in [5.41, 5.74) is 0.788. The van der Waals surface area contributed by atoms with E-state index in [4.69, 9.17) is 4.74 Å². The lowest BCUT2D eigenvalue weighted by molar-refractivity contribution is 0.440. The van der Waals surface area contributed by atoms with Gasteiger partial charge in [-0.3, -0.25) is 14.7 Å². The van der Waals surface area contributed by atoms with E-state index in [1.54, 1.807) is 37.6 Å². The van der Waals surface area contributed by atoms with Crippen LogP contribution < -0.4 is 15.4 Å². The molecule has 2 aromatic heterocycles. The first-order valence-corrected chi connectivity index (χ1v) is 9.03. The largest absolute Gasteiger partial charge is 0.453 e. The van der Waals surface area contributed by atoms with Crippen LogP contribution in [0.5, 0.6) is 11.5 Å². The number of nitrogens with one attached hydrogen (secondary N) is 2. The van der Waals surface area contributed by atoms with E-state index < -0.39 is 5.82 Å². The Hall–Kier alpha value is -2.69. The van der Waals surface area contributed by atoms with Crippen molar-refractivity contribution >= 4 is 29.9 Å². The SMILES string of the molecule is CN=C(NCCCn1cccn1)NCc1ccc(Oc2cccnc2)c(F)c1.I. The third-order valence-electron chi connectivity index (χ3n) is 3.96. The van der Waals surface area contributed by atoms with Gasteiger partial charge in [0.05, 0.1) is 6.20 Å². The van der Waals surface area contributed by atoms with Crippen molar-refractivity contribution in [3.05, 3.63) is 72.6 Å². The second-order valence-electron chi connectivity index (χ2n) is 6.03. The summed E-state index contributed by atoms with van der Waals surface area (Å²) in [5, 5.41) is 10.6. The number of rotatable bonds is 8. The monoisotopic (exact) mass is 510 g/mol. The summed E-state index contributed by atoms with van der Waals surface area (Å²) in [5.74, 6) is 0.895. The number of nitrogens with zero attached hydrogens (tertiary/aromatic N) is 4. The standard InChI is InChI=1S/C20H23FN6O.HI/c1-22-20(24-9-3-11-27-12-4-10-26-27)25-14-16-6-7-19(18(21)13-16)28-17-5-2-8-23-15-17;/h2,4-8,10,12-13,15H,3,9,11,14H2,1H3,(H2,22,24,25);1H. The van der Waals surface area contributed by atoms with Crippen molar-refractivity contribution in [1.29, 1.82) is 0 Å². The van der Waals surface area contributed by atoms with Gasteiger partial charge in [-0.15, -0.1) is 24.0 Å². The molecule has 2 heterocycles. The summed E-state index contributed by atoms with van der Waals surface area (Å²) in [6, 6.07) is 10.2. The molecule has 0 saturated heterocycles. The van der Waals surface area contributed by atoms with Gasteiger partial charge >= 0.3 is 0 Å². The van der Waals surface area contributed by atoms with Crippen molar-refractivity contribution < 1.29 is 9.13 Å². The fraction of sp³-hybridized carbons (Fsp3) is 0.250. The highest BCUT2D eigenvalue weighted by Gasteiger charge is 2.07. The molecule has 7 nitrogen and oxygen atoms in total. The second kappa shape index (κ2) is 12.0. The lowest BCUT2D eigenvalue weighted by Gasteiger charge is -2.13. The summed E-state index contributed by atoms with van der Waals surface area (Å²) < 4.78 is 21.7. The molecule has 1 aromatic carbocycles. The Balaban J connectivity index is 0.00000300. The molecule has 3 rings (SSSR count). The first-order valence-electron chi connectivity index (χ1n) is 9.03. The van der Waals surface area contributed by atoms with Gasteiger partial charge in [0, 0.05) is 45.3 Å². The van der Waals surface area contributed by atoms with E-state index in [1.807, 2.05) is 23.0 Å². The van der Waals surface area contributed by atoms with E-state index in [2.05, 4.69) is 25.7 Å². The summed E-state index contributed by atoms with van der Waals surface area (Å²) in [6.45, 7) is 2.04. The minimum atomic E-state index is -0.426. The zero-order chi connectivity index (χ0) is 19.6. The maximum atomic E-state index is 14.3. The molecule has 0 bridgehead atoms. The number of hydrogen-bond donors (Lipinski definition) is 2. The van der Waals surface area contributed by atoms with Gasteiger partial charge in [-0.25, -0.2) is 4.39 Å². The lowest BCUT2D eigenvalue weighted by atomic mass is 10.2. The predicted molar refractivity (Wildman–Crippen MR) is 121 cm³/mol. The number of benzene rings is 1. The van der Waals surface area contributed by atoms with Gasteiger partial charge in [0.15, 0.2) is 17.5 Å². The van der Waals surface area contributed by atoms with Gasteiger partial charge < -0.3 is 15.4 Å². The third kappa shape index (κ3) is 7.33. The van der Waals surface area contributed by atoms with E-state index in [0.717, 1.165) is 25.1 Å². The van der Waals surface area contributed by atoms with Crippen LogP contribution in [0.2, 0.25) is 0 Å². The van der Waals surface area contributed by atoms with Gasteiger partial charge in [0.25, 0.3) is 0 Å². The van der Waals surface area contributed by atoms with Crippen molar-refractivity contribution in [3.8, 4) is 11.5 Å². The molecule has 0 radical (unpaired) electrons. The molecule has 0 unspecified atom stereocenters. The van der Waals surface area contributed by atoms with Crippen molar-refractivity contribution in [1.82, 2.24) is 25.4 Å². The summed E-state index contributed by atoms with van der Waals surface area (Å²) in [6.07, 6.45) is 7.79. The molecule has 29 heavy (non-hydrogen) atoms. The van der Waals surface area contributed by atoms with Gasteiger partial charge in [0.2, 0.25) is 0 Å². The average Bonchev–Trinajstić information content (AvgIpc) is 3.24. The van der Waals surface area contributed by atoms with Crippen LogP contribution in [0.15, 0.2) is 66.2 Å². The summed E-state index contributed by atoms with van der Waals surface area (Å²) in [4.78, 5) is 8.13. The van der Waals surface area contributed by atoms with Crippen molar-refractivity contribution in [2.45, 2.75) is 19.5 Å². The molecular weight excluding hydrogens is 486 g/mol. The van der Waals surface area contributed by atoms with Crippen LogP contribution in [-0.2, 0) is 13.1 Å². The molecule has 0 saturated carbocycles. The van der Waals surface area contributed by atoms with Crippen LogP contribution >= 0.6 is 24.0 Å². The third-order valence-corrected chi connectivity index (χ3v) is 3.96. The van der Waals surface area contributed by atoms with Crippen LogP contribution in [-0.4, -0.2) is 34.3 Å². The highest BCUT2D eigenvalue weighted by atomic mass is 127. The molecular formula is C20H24FIN6O. The smallest absolute Gasteiger partial charge is 0.191 e. The summed E-state index contributed by atoms with van der Waals surface area (Å²) in [7, 11) is 1.70. The van der Waals surface area contributed by atoms with E-state index in [1.165, 1.54) is 12.3 Å². The molecule has 0 aliphatic rings. The Labute approximate surface area is 186 Å². The average molecular weight is 510 g/mol. The van der Waals surface area contributed by atoms with Gasteiger partial charge in [-0.1, -0.05) is 6.07 Å². The Bertz CT molecular complexity index is 889. The van der Waals surface area contributed by atoms with E-state index in [-0.39, 0.29) is 29.7 Å². The fourth-order valence-corrected chi connectivity index (χ4v) is 2.56. The maximum Gasteiger partial charge on any atom is 0.191 e. The second-order valence-corrected chi connectivity index (χ2v) is 6.03. The van der Waals surface area contributed by atoms with Crippen molar-refractivity contribution in [2.24, 2.45) is 4.99 Å². The number of hydrogen-bond acceptors (Lipinski definition) is 4. The molecule has 0 aliphatic heterocycles. The number of aliphatic imine (C=N–C) groups is 1. The first kappa shape index (κ1) is 22.6. The molecule has 154 valence electrons. The van der Waals surface area contributed by atoms with E-state index in [0.29, 0.717) is 18.3 Å². The first-order chi connectivity index (χ1) is 13.7. The number of guanidine groups is 1. The Morgan fingerprint density at radius 2 is 2.10 bits per heavy atom. The number of aryl methyl sites for hydroxylation is 1. The molecule has 2 N–H and O–H groups in total. The minimum Gasteiger partial charge on any atom is -0.453 e. The predicted octanol–water partition coefficient (Wildman–Crippen LogP) is 3.58. The fourth-order valence-electron chi connectivity index (χ4n) is 2.56. The maximum absolute atomic E-state index is 14.3. The Morgan fingerprint density at radius 1 is 1.21 bits per heavy atom. The quantitative estimate of drug-likeness (QED) is 0.210. The van der Waals surface area contributed by atoms with Gasteiger partial charge in [0.1, 0.15) is 5.75 Å². The van der Waals surface area contributed by atoms with Gasteiger partial charge in [-0.2, -0.15) is 5.10 Å². The van der Waals surface area contributed by atoms with Crippen molar-refractivity contribution in [3.63, 3.8) is 0 Å². The number of halogens is 2. The van der Waals surface area contributed by atoms with E-state index in [9.17, 15) is 4.39 Å². The van der Waals surface area contributed by atoms with Crippen LogP contribution in [0.4, 0.5) is 4.39 Å². The molecule has 0 aliphatic carbocycles. The summed E-state index contributed by atoms with van der Waals surface area (Å²) >= 11 is 0. The highest BCUT2D eigenvalue weighted by molar-refractivity contribution is 14.0.